The number of amides is 1. The van der Waals surface area contributed by atoms with Crippen LogP contribution in [0.1, 0.15) is 12.0 Å². The molecule has 0 saturated carbocycles. The van der Waals surface area contributed by atoms with E-state index >= 15 is 0 Å². The van der Waals surface area contributed by atoms with Crippen LogP contribution < -0.4 is 5.32 Å². The predicted molar refractivity (Wildman–Crippen MR) is 72.0 cm³/mol. The van der Waals surface area contributed by atoms with Gasteiger partial charge in [0, 0.05) is 11.1 Å². The SMILES string of the molecule is O=C(Cc1ccccc1Cl)NC1C=CC(C(=O)O)C1. The second-order valence-electron chi connectivity index (χ2n) is 4.51. The summed E-state index contributed by atoms with van der Waals surface area (Å²) in [5.41, 5.74) is 0.762. The van der Waals surface area contributed by atoms with Crippen LogP contribution in [0, 0.1) is 5.92 Å². The zero-order chi connectivity index (χ0) is 13.8. The minimum Gasteiger partial charge on any atom is -0.481 e. The van der Waals surface area contributed by atoms with E-state index < -0.39 is 11.9 Å². The normalized spacial score (nSPS) is 21.3. The van der Waals surface area contributed by atoms with E-state index in [1.807, 2.05) is 6.07 Å². The van der Waals surface area contributed by atoms with Crippen molar-refractivity contribution in [2.45, 2.75) is 18.9 Å². The molecule has 100 valence electrons. The molecule has 1 aliphatic carbocycles. The quantitative estimate of drug-likeness (QED) is 0.829. The zero-order valence-corrected chi connectivity index (χ0v) is 10.9. The highest BCUT2D eigenvalue weighted by atomic mass is 35.5. The molecule has 19 heavy (non-hydrogen) atoms. The number of carboxylic acid groups (broad SMARTS) is 1. The number of hydrogen-bond acceptors (Lipinski definition) is 2. The highest BCUT2D eigenvalue weighted by Gasteiger charge is 2.25. The molecule has 0 saturated heterocycles. The lowest BCUT2D eigenvalue weighted by Gasteiger charge is -2.12. The molecule has 0 bridgehead atoms. The Labute approximate surface area is 116 Å². The van der Waals surface area contributed by atoms with Gasteiger partial charge in [-0.05, 0) is 18.1 Å². The minimum atomic E-state index is -0.862. The number of aliphatic carboxylic acids is 1. The van der Waals surface area contributed by atoms with E-state index in [9.17, 15) is 9.59 Å². The average molecular weight is 280 g/mol. The molecule has 1 aromatic carbocycles. The van der Waals surface area contributed by atoms with Crippen LogP contribution in [0.4, 0.5) is 0 Å². The first-order valence-corrected chi connectivity index (χ1v) is 6.38. The monoisotopic (exact) mass is 279 g/mol. The maximum absolute atomic E-state index is 11.8. The number of benzene rings is 1. The van der Waals surface area contributed by atoms with Gasteiger partial charge in [0.2, 0.25) is 5.91 Å². The zero-order valence-electron chi connectivity index (χ0n) is 10.2. The molecule has 1 amide bonds. The van der Waals surface area contributed by atoms with Crippen LogP contribution in [0.5, 0.6) is 0 Å². The summed E-state index contributed by atoms with van der Waals surface area (Å²) in [4.78, 5) is 22.6. The van der Waals surface area contributed by atoms with Gasteiger partial charge in [0.1, 0.15) is 0 Å². The van der Waals surface area contributed by atoms with E-state index in [0.717, 1.165) is 5.56 Å². The fraction of sp³-hybridized carbons (Fsp3) is 0.286. The molecular weight excluding hydrogens is 266 g/mol. The Morgan fingerprint density at radius 3 is 2.68 bits per heavy atom. The molecular formula is C14H14ClNO3. The Morgan fingerprint density at radius 2 is 2.05 bits per heavy atom. The summed E-state index contributed by atoms with van der Waals surface area (Å²) < 4.78 is 0. The van der Waals surface area contributed by atoms with Gasteiger partial charge in [-0.15, -0.1) is 0 Å². The van der Waals surface area contributed by atoms with Gasteiger partial charge in [0.25, 0.3) is 0 Å². The van der Waals surface area contributed by atoms with Crippen molar-refractivity contribution in [2.75, 3.05) is 0 Å². The first kappa shape index (κ1) is 13.6. The first-order chi connectivity index (χ1) is 9.06. The molecule has 2 unspecified atom stereocenters. The lowest BCUT2D eigenvalue weighted by Crippen LogP contribution is -2.34. The highest BCUT2D eigenvalue weighted by molar-refractivity contribution is 6.31. The third-order valence-corrected chi connectivity index (χ3v) is 3.42. The van der Waals surface area contributed by atoms with Crippen LogP contribution in [0.15, 0.2) is 36.4 Å². The maximum atomic E-state index is 11.8. The van der Waals surface area contributed by atoms with Crippen LogP contribution in [0.2, 0.25) is 5.02 Å². The van der Waals surface area contributed by atoms with Crippen molar-refractivity contribution in [3.63, 3.8) is 0 Å². The lowest BCUT2D eigenvalue weighted by molar-refractivity contribution is -0.140. The molecule has 2 rings (SSSR count). The van der Waals surface area contributed by atoms with E-state index in [2.05, 4.69) is 5.32 Å². The van der Waals surface area contributed by atoms with Crippen LogP contribution in [-0.4, -0.2) is 23.0 Å². The van der Waals surface area contributed by atoms with E-state index in [1.165, 1.54) is 0 Å². The summed E-state index contributed by atoms with van der Waals surface area (Å²) in [5.74, 6) is -1.53. The number of carboxylic acids is 1. The summed E-state index contributed by atoms with van der Waals surface area (Å²) in [6.07, 6.45) is 3.94. The van der Waals surface area contributed by atoms with Crippen molar-refractivity contribution >= 4 is 23.5 Å². The van der Waals surface area contributed by atoms with E-state index in [4.69, 9.17) is 16.7 Å². The third-order valence-electron chi connectivity index (χ3n) is 3.06. The van der Waals surface area contributed by atoms with Gasteiger partial charge in [-0.1, -0.05) is 42.0 Å². The molecule has 4 nitrogen and oxygen atoms in total. The average Bonchev–Trinajstić information content (AvgIpc) is 2.80. The van der Waals surface area contributed by atoms with Gasteiger partial charge in [-0.25, -0.2) is 0 Å². The molecule has 0 fully saturated rings. The van der Waals surface area contributed by atoms with Crippen molar-refractivity contribution < 1.29 is 14.7 Å². The second-order valence-corrected chi connectivity index (χ2v) is 4.91. The molecule has 2 N–H and O–H groups in total. The van der Waals surface area contributed by atoms with Crippen molar-refractivity contribution in [1.82, 2.24) is 5.32 Å². The summed E-state index contributed by atoms with van der Waals surface area (Å²) in [6, 6.07) is 6.95. The summed E-state index contributed by atoms with van der Waals surface area (Å²) in [5, 5.41) is 12.2. The van der Waals surface area contributed by atoms with Crippen molar-refractivity contribution in [3.8, 4) is 0 Å². The second kappa shape index (κ2) is 5.89. The Kier molecular flexibility index (Phi) is 4.22. The van der Waals surface area contributed by atoms with Gasteiger partial charge >= 0.3 is 5.97 Å². The van der Waals surface area contributed by atoms with Gasteiger partial charge in [0.15, 0.2) is 0 Å². The Morgan fingerprint density at radius 1 is 1.32 bits per heavy atom. The van der Waals surface area contributed by atoms with Crippen LogP contribution in [-0.2, 0) is 16.0 Å². The molecule has 0 aromatic heterocycles. The third kappa shape index (κ3) is 3.58. The Bertz CT molecular complexity index is 527. The van der Waals surface area contributed by atoms with E-state index in [1.54, 1.807) is 30.4 Å². The number of carbonyl (C=O) groups excluding carboxylic acids is 1. The molecule has 2 atom stereocenters. The minimum absolute atomic E-state index is 0.159. The molecule has 1 aliphatic rings. The standard InChI is InChI=1S/C14H14ClNO3/c15-12-4-2-1-3-9(12)8-13(17)16-11-6-5-10(7-11)14(18)19/h1-6,10-11H,7-8H2,(H,16,17)(H,18,19). The van der Waals surface area contributed by atoms with Gasteiger partial charge in [-0.3, -0.25) is 9.59 Å². The number of nitrogens with one attached hydrogen (secondary N) is 1. The van der Waals surface area contributed by atoms with Crippen LogP contribution in [0.3, 0.4) is 0 Å². The van der Waals surface area contributed by atoms with Gasteiger partial charge < -0.3 is 10.4 Å². The topological polar surface area (TPSA) is 66.4 Å². The van der Waals surface area contributed by atoms with Gasteiger partial charge in [-0.2, -0.15) is 0 Å². The van der Waals surface area contributed by atoms with Crippen molar-refractivity contribution in [2.24, 2.45) is 5.92 Å². The predicted octanol–water partition coefficient (Wildman–Crippen LogP) is 2.03. The molecule has 0 heterocycles. The lowest BCUT2D eigenvalue weighted by atomic mass is 10.1. The fourth-order valence-electron chi connectivity index (χ4n) is 2.06. The molecule has 5 heteroatoms. The fourth-order valence-corrected chi connectivity index (χ4v) is 2.26. The Balaban J connectivity index is 1.88. The number of hydrogen-bond donors (Lipinski definition) is 2. The summed E-state index contributed by atoms with van der Waals surface area (Å²) in [6.45, 7) is 0. The van der Waals surface area contributed by atoms with Crippen molar-refractivity contribution in [1.29, 1.82) is 0 Å². The summed E-state index contributed by atoms with van der Waals surface area (Å²) >= 11 is 5.98. The Hall–Kier alpha value is -1.81. The largest absolute Gasteiger partial charge is 0.481 e. The molecule has 0 spiro atoms. The van der Waals surface area contributed by atoms with Crippen LogP contribution in [0.25, 0.3) is 0 Å². The van der Waals surface area contributed by atoms with Gasteiger partial charge in [0.05, 0.1) is 12.3 Å². The van der Waals surface area contributed by atoms with E-state index in [-0.39, 0.29) is 18.4 Å². The number of halogens is 1. The molecule has 0 aliphatic heterocycles. The van der Waals surface area contributed by atoms with E-state index in [0.29, 0.717) is 11.4 Å². The van der Waals surface area contributed by atoms with Crippen molar-refractivity contribution in [3.05, 3.63) is 47.0 Å². The molecule has 0 radical (unpaired) electrons. The number of carbonyl (C=O) groups is 2. The maximum Gasteiger partial charge on any atom is 0.310 e. The first-order valence-electron chi connectivity index (χ1n) is 6.00. The molecule has 1 aromatic rings. The highest BCUT2D eigenvalue weighted by Crippen LogP contribution is 2.19. The summed E-state index contributed by atoms with van der Waals surface area (Å²) in [7, 11) is 0. The smallest absolute Gasteiger partial charge is 0.310 e. The van der Waals surface area contributed by atoms with Crippen LogP contribution >= 0.6 is 11.6 Å². The number of rotatable bonds is 4.